The van der Waals surface area contributed by atoms with Gasteiger partial charge in [0.2, 0.25) is 11.1 Å². The zero-order valence-electron chi connectivity index (χ0n) is 12.0. The summed E-state index contributed by atoms with van der Waals surface area (Å²) in [7, 11) is 0. The zero-order chi connectivity index (χ0) is 14.9. The molecule has 21 heavy (non-hydrogen) atoms. The molecule has 2 aromatic rings. The van der Waals surface area contributed by atoms with Gasteiger partial charge in [0.15, 0.2) is 0 Å². The minimum Gasteiger partial charge on any atom is -0.467 e. The third-order valence-corrected chi connectivity index (χ3v) is 3.78. The first kappa shape index (κ1) is 15.6. The van der Waals surface area contributed by atoms with Crippen LogP contribution in [0.15, 0.2) is 28.0 Å². The van der Waals surface area contributed by atoms with E-state index in [1.165, 1.54) is 11.8 Å². The molecule has 0 unspecified atom stereocenters. The first-order valence-electron chi connectivity index (χ1n) is 6.97. The lowest BCUT2D eigenvalue weighted by Crippen LogP contribution is -2.26. The predicted molar refractivity (Wildman–Crippen MR) is 78.9 cm³/mol. The molecule has 0 saturated carbocycles. The SMILES string of the molecule is CCCCCNC(=O)CSc1nnnn1Cc1ccco1. The number of unbranched alkanes of at least 4 members (excludes halogenated alkanes) is 2. The van der Waals surface area contributed by atoms with Gasteiger partial charge in [0.05, 0.1) is 12.0 Å². The van der Waals surface area contributed by atoms with Crippen molar-refractivity contribution in [1.29, 1.82) is 0 Å². The molecule has 1 amide bonds. The van der Waals surface area contributed by atoms with E-state index in [-0.39, 0.29) is 5.91 Å². The smallest absolute Gasteiger partial charge is 0.230 e. The fourth-order valence-corrected chi connectivity index (χ4v) is 2.44. The van der Waals surface area contributed by atoms with Crippen LogP contribution in [0, 0.1) is 0 Å². The van der Waals surface area contributed by atoms with E-state index in [1.54, 1.807) is 10.9 Å². The van der Waals surface area contributed by atoms with Gasteiger partial charge in [-0.15, -0.1) is 5.10 Å². The van der Waals surface area contributed by atoms with Crippen LogP contribution in [0.4, 0.5) is 0 Å². The number of thioether (sulfide) groups is 1. The Morgan fingerprint density at radius 3 is 3.14 bits per heavy atom. The van der Waals surface area contributed by atoms with Crippen molar-refractivity contribution >= 4 is 17.7 Å². The Morgan fingerprint density at radius 1 is 1.48 bits per heavy atom. The summed E-state index contributed by atoms with van der Waals surface area (Å²) in [6, 6.07) is 3.67. The summed E-state index contributed by atoms with van der Waals surface area (Å²) in [5, 5.41) is 15.0. The Kier molecular flexibility index (Phi) is 6.26. The molecule has 0 atom stereocenters. The van der Waals surface area contributed by atoms with Gasteiger partial charge in [-0.2, -0.15) is 0 Å². The van der Waals surface area contributed by atoms with E-state index in [4.69, 9.17) is 4.42 Å². The lowest BCUT2D eigenvalue weighted by molar-refractivity contribution is -0.118. The highest BCUT2D eigenvalue weighted by molar-refractivity contribution is 7.99. The highest BCUT2D eigenvalue weighted by atomic mass is 32.2. The second-order valence-electron chi connectivity index (χ2n) is 4.54. The summed E-state index contributed by atoms with van der Waals surface area (Å²) in [5.74, 6) is 1.09. The van der Waals surface area contributed by atoms with Crippen LogP contribution in [0.3, 0.4) is 0 Å². The zero-order valence-corrected chi connectivity index (χ0v) is 12.8. The number of hydrogen-bond donors (Lipinski definition) is 1. The van der Waals surface area contributed by atoms with Crippen molar-refractivity contribution in [1.82, 2.24) is 25.5 Å². The van der Waals surface area contributed by atoms with Gasteiger partial charge in [0.1, 0.15) is 12.3 Å². The minimum atomic E-state index is 0.00338. The molecule has 0 aliphatic carbocycles. The first-order valence-corrected chi connectivity index (χ1v) is 7.96. The van der Waals surface area contributed by atoms with Crippen LogP contribution < -0.4 is 5.32 Å². The lowest BCUT2D eigenvalue weighted by atomic mass is 10.2. The molecule has 0 aromatic carbocycles. The normalized spacial score (nSPS) is 10.7. The van der Waals surface area contributed by atoms with E-state index in [0.29, 0.717) is 17.5 Å². The van der Waals surface area contributed by atoms with E-state index in [2.05, 4.69) is 27.8 Å². The number of furan rings is 1. The van der Waals surface area contributed by atoms with Crippen LogP contribution in [-0.2, 0) is 11.3 Å². The van der Waals surface area contributed by atoms with Crippen molar-refractivity contribution < 1.29 is 9.21 Å². The Balaban J connectivity index is 1.76. The number of hydrogen-bond acceptors (Lipinski definition) is 6. The predicted octanol–water partition coefficient (Wildman–Crippen LogP) is 1.71. The third kappa shape index (κ3) is 5.22. The van der Waals surface area contributed by atoms with Gasteiger partial charge in [-0.1, -0.05) is 31.5 Å². The average molecular weight is 309 g/mol. The maximum Gasteiger partial charge on any atom is 0.230 e. The summed E-state index contributed by atoms with van der Waals surface area (Å²) in [6.07, 6.45) is 4.90. The Morgan fingerprint density at radius 2 is 2.38 bits per heavy atom. The van der Waals surface area contributed by atoms with Crippen molar-refractivity contribution in [3.05, 3.63) is 24.2 Å². The van der Waals surface area contributed by atoms with Gasteiger partial charge in [-0.3, -0.25) is 4.79 Å². The van der Waals surface area contributed by atoms with Crippen LogP contribution in [0.2, 0.25) is 0 Å². The maximum atomic E-state index is 11.7. The van der Waals surface area contributed by atoms with E-state index < -0.39 is 0 Å². The fraction of sp³-hybridized carbons (Fsp3) is 0.538. The van der Waals surface area contributed by atoms with E-state index in [9.17, 15) is 4.79 Å². The number of carbonyl (C=O) groups is 1. The molecule has 2 aromatic heterocycles. The number of aromatic nitrogens is 4. The molecule has 0 aliphatic rings. The number of rotatable bonds is 9. The standard InChI is InChI=1S/C13H19N5O2S/c1-2-3-4-7-14-12(19)10-21-13-15-16-17-18(13)9-11-6-5-8-20-11/h5-6,8H,2-4,7,9-10H2,1H3,(H,14,19). The molecule has 0 radical (unpaired) electrons. The minimum absolute atomic E-state index is 0.00338. The van der Waals surface area contributed by atoms with Gasteiger partial charge in [-0.25, -0.2) is 4.68 Å². The molecule has 2 heterocycles. The second kappa shape index (κ2) is 8.46. The van der Waals surface area contributed by atoms with Gasteiger partial charge < -0.3 is 9.73 Å². The van der Waals surface area contributed by atoms with Gasteiger partial charge >= 0.3 is 0 Å². The second-order valence-corrected chi connectivity index (χ2v) is 5.49. The number of nitrogens with one attached hydrogen (secondary N) is 1. The van der Waals surface area contributed by atoms with Crippen LogP contribution in [0.5, 0.6) is 0 Å². The summed E-state index contributed by atoms with van der Waals surface area (Å²) in [5.41, 5.74) is 0. The molecule has 0 aliphatic heterocycles. The monoisotopic (exact) mass is 309 g/mol. The summed E-state index contributed by atoms with van der Waals surface area (Å²) < 4.78 is 6.88. The van der Waals surface area contributed by atoms with Crippen molar-refractivity contribution in [3.8, 4) is 0 Å². The maximum absolute atomic E-state index is 11.7. The van der Waals surface area contributed by atoms with Crippen molar-refractivity contribution in [2.75, 3.05) is 12.3 Å². The average Bonchev–Trinajstić information content (AvgIpc) is 3.14. The van der Waals surface area contributed by atoms with Gasteiger partial charge in [-0.05, 0) is 29.0 Å². The molecular weight excluding hydrogens is 290 g/mol. The van der Waals surface area contributed by atoms with Gasteiger partial charge in [0.25, 0.3) is 0 Å². The van der Waals surface area contributed by atoms with Crippen LogP contribution >= 0.6 is 11.8 Å². The third-order valence-electron chi connectivity index (χ3n) is 2.82. The molecule has 0 fully saturated rings. The number of nitrogens with zero attached hydrogens (tertiary/aromatic N) is 4. The molecule has 2 rings (SSSR count). The quantitative estimate of drug-likeness (QED) is 0.560. The Hall–Kier alpha value is -1.83. The largest absolute Gasteiger partial charge is 0.467 e. The lowest BCUT2D eigenvalue weighted by Gasteiger charge is -2.04. The Bertz CT molecular complexity index is 541. The van der Waals surface area contributed by atoms with Crippen molar-refractivity contribution in [2.45, 2.75) is 37.9 Å². The molecule has 8 heteroatoms. The van der Waals surface area contributed by atoms with Crippen molar-refractivity contribution in [2.24, 2.45) is 0 Å². The fourth-order valence-electron chi connectivity index (χ4n) is 1.73. The first-order chi connectivity index (χ1) is 10.3. The summed E-state index contributed by atoms with van der Waals surface area (Å²) >= 11 is 1.32. The van der Waals surface area contributed by atoms with E-state index in [0.717, 1.165) is 31.6 Å². The number of carbonyl (C=O) groups excluding carboxylic acids is 1. The number of tetrazole rings is 1. The van der Waals surface area contributed by atoms with Crippen molar-refractivity contribution in [3.63, 3.8) is 0 Å². The molecule has 1 N–H and O–H groups in total. The molecule has 0 bridgehead atoms. The summed E-state index contributed by atoms with van der Waals surface area (Å²) in [6.45, 7) is 3.32. The topological polar surface area (TPSA) is 85.8 Å². The van der Waals surface area contributed by atoms with Crippen LogP contribution in [-0.4, -0.2) is 38.4 Å². The highest BCUT2D eigenvalue weighted by Crippen LogP contribution is 2.14. The molecule has 114 valence electrons. The van der Waals surface area contributed by atoms with Crippen LogP contribution in [0.25, 0.3) is 0 Å². The van der Waals surface area contributed by atoms with E-state index in [1.807, 2.05) is 12.1 Å². The molecule has 7 nitrogen and oxygen atoms in total. The van der Waals surface area contributed by atoms with Crippen LogP contribution in [0.1, 0.15) is 31.9 Å². The van der Waals surface area contributed by atoms with E-state index >= 15 is 0 Å². The molecule has 0 spiro atoms. The van der Waals surface area contributed by atoms with Gasteiger partial charge in [0, 0.05) is 6.54 Å². The number of amides is 1. The Labute approximate surface area is 127 Å². The highest BCUT2D eigenvalue weighted by Gasteiger charge is 2.11. The molecule has 0 saturated heterocycles. The molecular formula is C13H19N5O2S. The summed E-state index contributed by atoms with van der Waals surface area (Å²) in [4.78, 5) is 11.7.